The van der Waals surface area contributed by atoms with Gasteiger partial charge in [-0.2, -0.15) is 5.26 Å². The fraction of sp³-hybridized carbons (Fsp3) is 0.120. The number of nitrogens with zero attached hydrogens (tertiary/aromatic N) is 1. The van der Waals surface area contributed by atoms with Gasteiger partial charge in [0.2, 0.25) is 0 Å². The van der Waals surface area contributed by atoms with Crippen molar-refractivity contribution in [2.75, 3.05) is 6.61 Å². The van der Waals surface area contributed by atoms with Crippen molar-refractivity contribution in [2.24, 2.45) is 0 Å². The van der Waals surface area contributed by atoms with Gasteiger partial charge in [-0.25, -0.2) is 4.79 Å². The molecule has 0 spiro atoms. The van der Waals surface area contributed by atoms with Gasteiger partial charge in [-0.15, -0.1) is 0 Å². The molecule has 5 heteroatoms. The van der Waals surface area contributed by atoms with Crippen molar-refractivity contribution in [3.05, 3.63) is 88.4 Å². The van der Waals surface area contributed by atoms with Crippen LogP contribution in [0.1, 0.15) is 18.9 Å². The Morgan fingerprint density at radius 3 is 2.40 bits per heavy atom. The molecule has 0 aliphatic heterocycles. The zero-order valence-corrected chi connectivity index (χ0v) is 18.1. The Morgan fingerprint density at radius 2 is 1.77 bits per heavy atom. The number of rotatable bonds is 7. The van der Waals surface area contributed by atoms with E-state index in [-0.39, 0.29) is 5.57 Å². The molecule has 0 atom stereocenters. The lowest BCUT2D eigenvalue weighted by Gasteiger charge is -2.08. The molecule has 3 aromatic rings. The van der Waals surface area contributed by atoms with Crippen LogP contribution in [0.4, 0.5) is 0 Å². The molecule has 3 rings (SSSR count). The van der Waals surface area contributed by atoms with E-state index >= 15 is 0 Å². The SMILES string of the molecule is CCCOc1ccc(/C=C(\C#N)C(=O)Oc2ccc(-c3ccccc3)cc2Br)cc1. The second-order valence-electron chi connectivity index (χ2n) is 6.49. The number of ether oxygens (including phenoxy) is 2. The maximum Gasteiger partial charge on any atom is 0.354 e. The molecular formula is C25H20BrNO3. The van der Waals surface area contributed by atoms with Crippen molar-refractivity contribution in [1.29, 1.82) is 5.26 Å². The molecule has 0 saturated carbocycles. The Balaban J connectivity index is 1.73. The average Bonchev–Trinajstić information content (AvgIpc) is 2.78. The summed E-state index contributed by atoms with van der Waals surface area (Å²) in [6, 6.07) is 24.4. The van der Waals surface area contributed by atoms with Gasteiger partial charge in [0.25, 0.3) is 0 Å². The van der Waals surface area contributed by atoms with E-state index in [4.69, 9.17) is 9.47 Å². The van der Waals surface area contributed by atoms with E-state index < -0.39 is 5.97 Å². The van der Waals surface area contributed by atoms with E-state index in [0.29, 0.717) is 22.4 Å². The van der Waals surface area contributed by atoms with E-state index in [2.05, 4.69) is 15.9 Å². The van der Waals surface area contributed by atoms with Gasteiger partial charge < -0.3 is 9.47 Å². The van der Waals surface area contributed by atoms with E-state index in [1.807, 2.05) is 55.5 Å². The number of carbonyl (C=O) groups is 1. The summed E-state index contributed by atoms with van der Waals surface area (Å²) in [5.74, 6) is 0.388. The van der Waals surface area contributed by atoms with Gasteiger partial charge in [0, 0.05) is 0 Å². The Bertz CT molecular complexity index is 1080. The quantitative estimate of drug-likeness (QED) is 0.176. The van der Waals surface area contributed by atoms with E-state index in [1.165, 1.54) is 6.08 Å². The molecule has 0 bridgehead atoms. The highest BCUT2D eigenvalue weighted by Crippen LogP contribution is 2.31. The van der Waals surface area contributed by atoms with Gasteiger partial charge in [0.15, 0.2) is 0 Å². The molecule has 0 fully saturated rings. The smallest absolute Gasteiger partial charge is 0.354 e. The molecule has 0 N–H and O–H groups in total. The number of benzene rings is 3. The maximum atomic E-state index is 12.5. The summed E-state index contributed by atoms with van der Waals surface area (Å²) in [7, 11) is 0. The lowest BCUT2D eigenvalue weighted by Crippen LogP contribution is -2.10. The molecule has 0 amide bonds. The fourth-order valence-electron chi connectivity index (χ4n) is 2.73. The fourth-order valence-corrected chi connectivity index (χ4v) is 3.19. The Kier molecular flexibility index (Phi) is 7.42. The van der Waals surface area contributed by atoms with Crippen LogP contribution >= 0.6 is 15.9 Å². The highest BCUT2D eigenvalue weighted by Gasteiger charge is 2.14. The van der Waals surface area contributed by atoms with Crippen molar-refractivity contribution in [1.82, 2.24) is 0 Å². The third kappa shape index (κ3) is 5.59. The minimum atomic E-state index is -0.711. The molecular weight excluding hydrogens is 442 g/mol. The zero-order valence-electron chi connectivity index (χ0n) is 16.5. The molecule has 0 aliphatic rings. The number of esters is 1. The highest BCUT2D eigenvalue weighted by atomic mass is 79.9. The highest BCUT2D eigenvalue weighted by molar-refractivity contribution is 9.10. The summed E-state index contributed by atoms with van der Waals surface area (Å²) in [6.07, 6.45) is 2.42. The Morgan fingerprint density at radius 1 is 1.03 bits per heavy atom. The minimum absolute atomic E-state index is 0.0868. The van der Waals surface area contributed by atoms with Crippen LogP contribution in [0.25, 0.3) is 17.2 Å². The first kappa shape index (κ1) is 21.4. The first-order valence-electron chi connectivity index (χ1n) is 9.52. The van der Waals surface area contributed by atoms with Crippen LogP contribution in [0.15, 0.2) is 82.8 Å². The van der Waals surface area contributed by atoms with E-state index in [9.17, 15) is 10.1 Å². The van der Waals surface area contributed by atoms with Crippen molar-refractivity contribution in [3.8, 4) is 28.7 Å². The van der Waals surface area contributed by atoms with E-state index in [1.54, 1.807) is 30.3 Å². The third-order valence-corrected chi connectivity index (χ3v) is 4.87. The van der Waals surface area contributed by atoms with Crippen LogP contribution in [0, 0.1) is 11.3 Å². The van der Waals surface area contributed by atoms with Crippen molar-refractivity contribution in [2.45, 2.75) is 13.3 Å². The molecule has 0 saturated heterocycles. The molecule has 0 aliphatic carbocycles. The van der Waals surface area contributed by atoms with Crippen LogP contribution in [0.3, 0.4) is 0 Å². The van der Waals surface area contributed by atoms with Gasteiger partial charge in [-0.3, -0.25) is 0 Å². The third-order valence-electron chi connectivity index (χ3n) is 4.25. The molecule has 3 aromatic carbocycles. The topological polar surface area (TPSA) is 59.3 Å². The lowest BCUT2D eigenvalue weighted by atomic mass is 10.1. The van der Waals surface area contributed by atoms with E-state index in [0.717, 1.165) is 23.3 Å². The summed E-state index contributed by atoms with van der Waals surface area (Å²) in [5, 5.41) is 9.41. The molecule has 30 heavy (non-hydrogen) atoms. The van der Waals surface area contributed by atoms with Crippen LogP contribution in [0.2, 0.25) is 0 Å². The monoisotopic (exact) mass is 461 g/mol. The van der Waals surface area contributed by atoms with Gasteiger partial charge in [-0.05, 0) is 69.4 Å². The summed E-state index contributed by atoms with van der Waals surface area (Å²) >= 11 is 3.45. The number of carbonyl (C=O) groups excluding carboxylic acids is 1. The average molecular weight is 462 g/mol. The zero-order chi connectivity index (χ0) is 21.3. The summed E-state index contributed by atoms with van der Waals surface area (Å²) in [4.78, 5) is 12.5. The van der Waals surface area contributed by atoms with Crippen molar-refractivity contribution < 1.29 is 14.3 Å². The molecule has 0 aromatic heterocycles. The lowest BCUT2D eigenvalue weighted by molar-refractivity contribution is -0.129. The normalized spacial score (nSPS) is 10.9. The first-order chi connectivity index (χ1) is 14.6. The van der Waals surface area contributed by atoms with Crippen LogP contribution in [-0.2, 0) is 4.79 Å². The molecule has 4 nitrogen and oxygen atoms in total. The van der Waals surface area contributed by atoms with Crippen LogP contribution in [-0.4, -0.2) is 12.6 Å². The largest absolute Gasteiger partial charge is 0.494 e. The number of hydrogen-bond acceptors (Lipinski definition) is 4. The molecule has 0 radical (unpaired) electrons. The van der Waals surface area contributed by atoms with Crippen LogP contribution < -0.4 is 9.47 Å². The van der Waals surface area contributed by atoms with Gasteiger partial charge in [-0.1, -0.05) is 55.5 Å². The summed E-state index contributed by atoms with van der Waals surface area (Å²) in [6.45, 7) is 2.68. The van der Waals surface area contributed by atoms with Crippen LogP contribution in [0.5, 0.6) is 11.5 Å². The molecule has 150 valence electrons. The maximum absolute atomic E-state index is 12.5. The van der Waals surface area contributed by atoms with Gasteiger partial charge in [0.1, 0.15) is 23.1 Å². The Hall–Kier alpha value is -3.36. The minimum Gasteiger partial charge on any atom is -0.494 e. The standard InChI is InChI=1S/C25H20BrNO3/c1-2-14-29-22-11-8-18(9-12-22)15-21(17-27)25(28)30-24-13-10-20(16-23(24)26)19-6-4-3-5-7-19/h3-13,15-16H,2,14H2,1H3/b21-15+. The van der Waals surface area contributed by atoms with Crippen molar-refractivity contribution in [3.63, 3.8) is 0 Å². The molecule has 0 heterocycles. The molecule has 0 unspecified atom stereocenters. The number of nitriles is 1. The Labute approximate surface area is 184 Å². The second-order valence-corrected chi connectivity index (χ2v) is 7.34. The summed E-state index contributed by atoms with van der Waals surface area (Å²) in [5.41, 5.74) is 2.67. The second kappa shape index (κ2) is 10.4. The van der Waals surface area contributed by atoms with Crippen molar-refractivity contribution >= 4 is 28.0 Å². The summed E-state index contributed by atoms with van der Waals surface area (Å²) < 4.78 is 11.6. The first-order valence-corrected chi connectivity index (χ1v) is 10.3. The predicted molar refractivity (Wildman–Crippen MR) is 121 cm³/mol. The number of halogens is 1. The van der Waals surface area contributed by atoms with Gasteiger partial charge in [0.05, 0.1) is 11.1 Å². The number of hydrogen-bond donors (Lipinski definition) is 0. The van der Waals surface area contributed by atoms with Gasteiger partial charge >= 0.3 is 5.97 Å². The predicted octanol–water partition coefficient (Wildman–Crippen LogP) is 6.42.